The quantitative estimate of drug-likeness (QED) is 0.754. The van der Waals surface area contributed by atoms with E-state index >= 15 is 0 Å². The molecule has 134 valence electrons. The molecule has 3 nitrogen and oxygen atoms in total. The van der Waals surface area contributed by atoms with Crippen LogP contribution in [0.15, 0.2) is 0 Å². The summed E-state index contributed by atoms with van der Waals surface area (Å²) in [5.74, 6) is 1.36. The summed E-state index contributed by atoms with van der Waals surface area (Å²) in [5.41, 5.74) is -0.125. The Morgan fingerprint density at radius 1 is 1.13 bits per heavy atom. The highest BCUT2D eigenvalue weighted by Gasteiger charge is 2.71. The average molecular weight is 325 g/mol. The van der Waals surface area contributed by atoms with Gasteiger partial charge in [0.15, 0.2) is 0 Å². The van der Waals surface area contributed by atoms with Crippen LogP contribution in [-0.2, 0) is 4.74 Å². The van der Waals surface area contributed by atoms with E-state index in [-0.39, 0.29) is 23.0 Å². The number of hydrogen-bond donors (Lipinski definition) is 2. The van der Waals surface area contributed by atoms with Crippen molar-refractivity contribution in [1.29, 1.82) is 0 Å². The van der Waals surface area contributed by atoms with Crippen molar-refractivity contribution < 1.29 is 14.9 Å². The molecule has 1 saturated heterocycles. The van der Waals surface area contributed by atoms with Crippen LogP contribution in [-0.4, -0.2) is 34.1 Å². The van der Waals surface area contributed by atoms with Crippen molar-refractivity contribution >= 4 is 0 Å². The third-order valence-corrected chi connectivity index (χ3v) is 8.44. The minimum atomic E-state index is -0.748. The predicted octanol–water partition coefficient (Wildman–Crippen LogP) is 3.91. The molecule has 0 amide bonds. The molecule has 23 heavy (non-hydrogen) atoms. The van der Waals surface area contributed by atoms with Gasteiger partial charge in [0.25, 0.3) is 0 Å². The van der Waals surface area contributed by atoms with Crippen molar-refractivity contribution in [2.24, 2.45) is 22.7 Å². The molecule has 0 aromatic heterocycles. The summed E-state index contributed by atoms with van der Waals surface area (Å²) in [5, 5.41) is 19.7. The summed E-state index contributed by atoms with van der Waals surface area (Å²) >= 11 is 0. The van der Waals surface area contributed by atoms with Crippen molar-refractivity contribution in [1.82, 2.24) is 0 Å². The highest BCUT2D eigenvalue weighted by Crippen LogP contribution is 2.70. The Labute approximate surface area is 141 Å². The fourth-order valence-electron chi connectivity index (χ4n) is 6.08. The summed E-state index contributed by atoms with van der Waals surface area (Å²) in [6.07, 6.45) is 7.78. The zero-order valence-electron chi connectivity index (χ0n) is 15.7. The largest absolute Gasteiger partial charge is 0.396 e. The predicted molar refractivity (Wildman–Crippen MR) is 92.2 cm³/mol. The zero-order chi connectivity index (χ0) is 17.1. The van der Waals surface area contributed by atoms with Gasteiger partial charge >= 0.3 is 0 Å². The Kier molecular flexibility index (Phi) is 4.18. The molecule has 0 radical (unpaired) electrons. The summed E-state index contributed by atoms with van der Waals surface area (Å²) in [4.78, 5) is 0. The van der Waals surface area contributed by atoms with Gasteiger partial charge in [-0.25, -0.2) is 0 Å². The molecule has 2 aliphatic carbocycles. The summed E-state index contributed by atoms with van der Waals surface area (Å²) in [6.45, 7) is 11.6. The van der Waals surface area contributed by atoms with E-state index in [9.17, 15) is 10.2 Å². The first-order valence-corrected chi connectivity index (χ1v) is 9.60. The molecule has 7 atom stereocenters. The highest BCUT2D eigenvalue weighted by molar-refractivity contribution is 5.19. The van der Waals surface area contributed by atoms with Gasteiger partial charge in [-0.3, -0.25) is 0 Å². The lowest BCUT2D eigenvalue weighted by Crippen LogP contribution is -2.56. The van der Waals surface area contributed by atoms with Gasteiger partial charge in [0.2, 0.25) is 0 Å². The molecular weight excluding hydrogens is 288 g/mol. The monoisotopic (exact) mass is 324 g/mol. The SMILES string of the molecule is C[C@@H]1CC[C@@]2(C)[C@H](CC[C@@H]3O[C@@]32C)[C@@]1(C)CC[C@@](C)(O)CCO. The van der Waals surface area contributed by atoms with Crippen LogP contribution < -0.4 is 0 Å². The molecule has 0 aromatic rings. The maximum Gasteiger partial charge on any atom is 0.0976 e. The zero-order valence-corrected chi connectivity index (χ0v) is 15.7. The highest BCUT2D eigenvalue weighted by atomic mass is 16.6. The summed E-state index contributed by atoms with van der Waals surface area (Å²) in [7, 11) is 0. The lowest BCUT2D eigenvalue weighted by molar-refractivity contribution is -0.111. The molecule has 0 spiro atoms. The van der Waals surface area contributed by atoms with Gasteiger partial charge in [-0.15, -0.1) is 0 Å². The van der Waals surface area contributed by atoms with Crippen LogP contribution >= 0.6 is 0 Å². The van der Waals surface area contributed by atoms with Crippen molar-refractivity contribution in [3.8, 4) is 0 Å². The maximum atomic E-state index is 10.5. The normalized spacial score (nSPS) is 51.5. The Morgan fingerprint density at radius 3 is 2.48 bits per heavy atom. The van der Waals surface area contributed by atoms with E-state index < -0.39 is 5.60 Å². The number of fused-ring (bicyclic) bond motifs is 3. The minimum absolute atomic E-state index is 0.0635. The van der Waals surface area contributed by atoms with Gasteiger partial charge < -0.3 is 14.9 Å². The molecule has 3 fully saturated rings. The number of epoxide rings is 1. The lowest BCUT2D eigenvalue weighted by atomic mass is 9.44. The number of ether oxygens (including phenoxy) is 1. The molecule has 1 heterocycles. The van der Waals surface area contributed by atoms with Gasteiger partial charge in [-0.1, -0.05) is 20.8 Å². The van der Waals surface area contributed by atoms with Gasteiger partial charge in [-0.2, -0.15) is 0 Å². The van der Waals surface area contributed by atoms with E-state index in [2.05, 4.69) is 27.7 Å². The first-order chi connectivity index (χ1) is 10.6. The van der Waals surface area contributed by atoms with E-state index in [1.165, 1.54) is 25.7 Å². The Balaban J connectivity index is 1.81. The molecule has 1 aliphatic heterocycles. The van der Waals surface area contributed by atoms with Crippen molar-refractivity contribution in [2.75, 3.05) is 6.61 Å². The second-order valence-electron chi connectivity index (χ2n) is 9.68. The first kappa shape index (κ1) is 17.7. The first-order valence-electron chi connectivity index (χ1n) is 9.60. The second-order valence-corrected chi connectivity index (χ2v) is 9.68. The van der Waals surface area contributed by atoms with Crippen molar-refractivity contribution in [3.05, 3.63) is 0 Å². The van der Waals surface area contributed by atoms with Gasteiger partial charge in [0, 0.05) is 12.0 Å². The van der Waals surface area contributed by atoms with Crippen LogP contribution in [0.4, 0.5) is 0 Å². The molecular formula is C20H36O3. The van der Waals surface area contributed by atoms with Crippen LogP contribution in [0.1, 0.15) is 79.6 Å². The summed E-state index contributed by atoms with van der Waals surface area (Å²) in [6, 6.07) is 0. The van der Waals surface area contributed by atoms with Crippen LogP contribution in [0, 0.1) is 22.7 Å². The van der Waals surface area contributed by atoms with Crippen molar-refractivity contribution in [3.63, 3.8) is 0 Å². The Morgan fingerprint density at radius 2 is 1.83 bits per heavy atom. The van der Waals surface area contributed by atoms with Crippen LogP contribution in [0.25, 0.3) is 0 Å². The van der Waals surface area contributed by atoms with Crippen LogP contribution in [0.5, 0.6) is 0 Å². The third-order valence-electron chi connectivity index (χ3n) is 8.44. The average Bonchev–Trinajstić information content (AvgIpc) is 3.15. The number of hydrogen-bond acceptors (Lipinski definition) is 3. The lowest BCUT2D eigenvalue weighted by Gasteiger charge is -2.59. The minimum Gasteiger partial charge on any atom is -0.396 e. The van der Waals surface area contributed by atoms with E-state index in [0.29, 0.717) is 24.4 Å². The van der Waals surface area contributed by atoms with E-state index in [1.54, 1.807) is 0 Å². The van der Waals surface area contributed by atoms with Gasteiger partial charge in [0.05, 0.1) is 17.3 Å². The Bertz CT molecular complexity index is 462. The molecule has 2 saturated carbocycles. The molecule has 2 N–H and O–H groups in total. The molecule has 0 bridgehead atoms. The fourth-order valence-corrected chi connectivity index (χ4v) is 6.08. The van der Waals surface area contributed by atoms with Crippen LogP contribution in [0.3, 0.4) is 0 Å². The van der Waals surface area contributed by atoms with Gasteiger partial charge in [-0.05, 0) is 76.0 Å². The molecule has 0 unspecified atom stereocenters. The fraction of sp³-hybridized carbons (Fsp3) is 1.00. The standard InChI is InChI=1S/C20H36O3/c1-14-8-9-19(4)15(6-7-16-20(19,5)23-16)18(14,3)11-10-17(2,22)12-13-21/h14-16,21-22H,6-13H2,1-5H3/t14-,15-,16+,17-,18+,19+,20+/m1/s1. The van der Waals surface area contributed by atoms with Crippen LogP contribution in [0.2, 0.25) is 0 Å². The van der Waals surface area contributed by atoms with Gasteiger partial charge in [0.1, 0.15) is 0 Å². The molecule has 3 rings (SSSR count). The van der Waals surface area contributed by atoms with E-state index in [4.69, 9.17) is 4.74 Å². The maximum absolute atomic E-state index is 10.5. The number of aliphatic hydroxyl groups is 2. The topological polar surface area (TPSA) is 53.0 Å². The number of aliphatic hydroxyl groups excluding tert-OH is 1. The van der Waals surface area contributed by atoms with Crippen molar-refractivity contribution in [2.45, 2.75) is 96.9 Å². The number of rotatable bonds is 5. The summed E-state index contributed by atoms with van der Waals surface area (Å²) < 4.78 is 6.17. The smallest absolute Gasteiger partial charge is 0.0976 e. The molecule has 3 aliphatic rings. The van der Waals surface area contributed by atoms with E-state index in [0.717, 1.165) is 12.8 Å². The Hall–Kier alpha value is -0.120. The molecule has 0 aromatic carbocycles. The second kappa shape index (κ2) is 5.44. The third kappa shape index (κ3) is 2.58. The molecule has 3 heteroatoms. The van der Waals surface area contributed by atoms with E-state index in [1.807, 2.05) is 6.92 Å².